The second kappa shape index (κ2) is 8.53. The van der Waals surface area contributed by atoms with Crippen molar-refractivity contribution in [1.82, 2.24) is 14.2 Å². The normalized spacial score (nSPS) is 20.9. The number of nitriles is 1. The molecule has 2 aliphatic heterocycles. The highest BCUT2D eigenvalue weighted by atomic mass is 32.2. The van der Waals surface area contributed by atoms with Crippen molar-refractivity contribution >= 4 is 34.4 Å². The van der Waals surface area contributed by atoms with E-state index in [1.165, 1.54) is 12.1 Å². The monoisotopic (exact) mass is 455 g/mol. The van der Waals surface area contributed by atoms with Gasteiger partial charge < -0.3 is 9.80 Å². The molecule has 32 heavy (non-hydrogen) atoms. The van der Waals surface area contributed by atoms with Crippen LogP contribution in [0.1, 0.15) is 44.0 Å². The van der Waals surface area contributed by atoms with Crippen LogP contribution < -0.4 is 4.90 Å². The predicted octanol–water partition coefficient (Wildman–Crippen LogP) is 4.32. The third-order valence-corrected chi connectivity index (χ3v) is 7.94. The van der Waals surface area contributed by atoms with Crippen LogP contribution in [0.2, 0.25) is 0 Å². The summed E-state index contributed by atoms with van der Waals surface area (Å²) < 4.78 is 16.5. The number of aromatic nitrogens is 1. The Morgan fingerprint density at radius 1 is 1.19 bits per heavy atom. The number of piperidine rings is 1. The number of amides is 1. The minimum Gasteiger partial charge on any atom is -0.370 e. The highest BCUT2D eigenvalue weighted by Crippen LogP contribution is 2.38. The summed E-state index contributed by atoms with van der Waals surface area (Å²) in [6.07, 6.45) is 5.11. The van der Waals surface area contributed by atoms with E-state index in [0.29, 0.717) is 55.5 Å². The van der Waals surface area contributed by atoms with Gasteiger partial charge in [0, 0.05) is 49.8 Å². The van der Waals surface area contributed by atoms with Gasteiger partial charge in [-0.15, -0.1) is 0 Å². The molecule has 0 unspecified atom stereocenters. The van der Waals surface area contributed by atoms with Gasteiger partial charge in [0.1, 0.15) is 5.82 Å². The second-order valence-electron chi connectivity index (χ2n) is 9.67. The van der Waals surface area contributed by atoms with Gasteiger partial charge in [-0.1, -0.05) is 11.9 Å². The van der Waals surface area contributed by atoms with E-state index in [0.717, 1.165) is 12.2 Å². The summed E-state index contributed by atoms with van der Waals surface area (Å²) in [5.74, 6) is -0.417. The Labute approximate surface area is 193 Å². The van der Waals surface area contributed by atoms with E-state index in [9.17, 15) is 14.4 Å². The lowest BCUT2D eigenvalue weighted by atomic mass is 9.81. The van der Waals surface area contributed by atoms with Crippen LogP contribution >= 0.6 is 11.9 Å². The van der Waals surface area contributed by atoms with Crippen molar-refractivity contribution in [2.45, 2.75) is 39.2 Å². The number of carbonyl (C=O) groups excluding carboxylic acids is 1. The zero-order valence-electron chi connectivity index (χ0n) is 19.2. The number of anilines is 1. The summed E-state index contributed by atoms with van der Waals surface area (Å²) in [4.78, 5) is 22.3. The van der Waals surface area contributed by atoms with E-state index in [1.807, 2.05) is 11.8 Å². The maximum Gasteiger partial charge on any atom is 0.257 e. The number of piperazine rings is 1. The summed E-state index contributed by atoms with van der Waals surface area (Å²) in [5.41, 5.74) is 1.40. The first-order chi connectivity index (χ1) is 15.2. The lowest BCUT2D eigenvalue weighted by Gasteiger charge is -2.46. The molecule has 2 fully saturated rings. The van der Waals surface area contributed by atoms with Crippen molar-refractivity contribution in [3.63, 3.8) is 0 Å². The predicted molar refractivity (Wildman–Crippen MR) is 127 cm³/mol. The van der Waals surface area contributed by atoms with Crippen molar-refractivity contribution in [3.05, 3.63) is 35.8 Å². The molecule has 2 saturated heterocycles. The van der Waals surface area contributed by atoms with Crippen LogP contribution in [0.25, 0.3) is 10.9 Å². The number of hydrogen-bond donors (Lipinski definition) is 0. The van der Waals surface area contributed by atoms with Crippen LogP contribution in [0.4, 0.5) is 10.1 Å². The number of pyridine rings is 1. The first-order valence-electron chi connectivity index (χ1n) is 11.0. The Morgan fingerprint density at radius 2 is 1.91 bits per heavy atom. The molecular formula is C24H30FN5OS. The first-order valence-corrected chi connectivity index (χ1v) is 12.2. The summed E-state index contributed by atoms with van der Waals surface area (Å²) in [7, 11) is 0. The Morgan fingerprint density at radius 3 is 2.53 bits per heavy atom. The van der Waals surface area contributed by atoms with Crippen LogP contribution in [0, 0.1) is 22.6 Å². The van der Waals surface area contributed by atoms with Crippen molar-refractivity contribution in [1.29, 1.82) is 5.26 Å². The highest BCUT2D eigenvalue weighted by molar-refractivity contribution is 7.96. The quantitative estimate of drug-likeness (QED) is 0.643. The molecule has 170 valence electrons. The minimum atomic E-state index is -0.368. The Kier molecular flexibility index (Phi) is 6.08. The summed E-state index contributed by atoms with van der Waals surface area (Å²) >= 11 is 1.70. The maximum atomic E-state index is 14.2. The average molecular weight is 456 g/mol. The van der Waals surface area contributed by atoms with E-state index in [4.69, 9.17) is 0 Å². The molecule has 0 radical (unpaired) electrons. The average Bonchev–Trinajstić information content (AvgIpc) is 2.78. The second-order valence-corrected chi connectivity index (χ2v) is 10.5. The molecule has 1 aromatic carbocycles. The maximum absolute atomic E-state index is 14.2. The molecule has 0 N–H and O–H groups in total. The first kappa shape index (κ1) is 22.8. The summed E-state index contributed by atoms with van der Waals surface area (Å²) in [6.45, 7) is 9.59. The van der Waals surface area contributed by atoms with Crippen LogP contribution in [-0.2, 0) is 0 Å². The number of hydrogen-bond acceptors (Lipinski definition) is 6. The van der Waals surface area contributed by atoms with E-state index in [1.54, 1.807) is 24.2 Å². The molecule has 8 heteroatoms. The van der Waals surface area contributed by atoms with Gasteiger partial charge in [0.25, 0.3) is 5.91 Å². The number of nitrogens with zero attached hydrogens (tertiary/aromatic N) is 5. The number of rotatable bonds is 3. The van der Waals surface area contributed by atoms with Crippen molar-refractivity contribution in [2.75, 3.05) is 43.9 Å². The van der Waals surface area contributed by atoms with E-state index in [-0.39, 0.29) is 22.7 Å². The molecule has 0 spiro atoms. The smallest absolute Gasteiger partial charge is 0.257 e. The van der Waals surface area contributed by atoms with Crippen LogP contribution in [0.5, 0.6) is 0 Å². The minimum absolute atomic E-state index is 0.0684. The zero-order chi connectivity index (χ0) is 23.1. The van der Waals surface area contributed by atoms with E-state index < -0.39 is 0 Å². The van der Waals surface area contributed by atoms with Crippen molar-refractivity contribution in [2.24, 2.45) is 5.41 Å². The fraction of sp³-hybridized carbons (Fsp3) is 0.542. The van der Waals surface area contributed by atoms with Gasteiger partial charge in [-0.05, 0) is 58.1 Å². The van der Waals surface area contributed by atoms with Crippen LogP contribution in [-0.4, -0.2) is 64.6 Å². The largest absolute Gasteiger partial charge is 0.370 e. The van der Waals surface area contributed by atoms with Gasteiger partial charge in [-0.2, -0.15) is 5.26 Å². The third kappa shape index (κ3) is 4.16. The van der Waals surface area contributed by atoms with Crippen LogP contribution in [0.15, 0.2) is 24.4 Å². The summed E-state index contributed by atoms with van der Waals surface area (Å²) in [6, 6.07) is 6.96. The number of benzene rings is 1. The van der Waals surface area contributed by atoms with E-state index in [2.05, 4.69) is 40.4 Å². The molecular weight excluding hydrogens is 425 g/mol. The van der Waals surface area contributed by atoms with Crippen molar-refractivity contribution < 1.29 is 9.18 Å². The van der Waals surface area contributed by atoms with Gasteiger partial charge in [0.05, 0.1) is 28.3 Å². The SMILES string of the molecule is CSN1CCN(C(=O)c2cnc3ccc(F)cc3c2N2CCC(C)(C#N)CC2)CC1(C)C. The summed E-state index contributed by atoms with van der Waals surface area (Å²) in [5, 5.41) is 10.2. The van der Waals surface area contributed by atoms with E-state index >= 15 is 0 Å². The molecule has 1 aromatic heterocycles. The molecule has 2 aliphatic rings. The van der Waals surface area contributed by atoms with Crippen LogP contribution in [0.3, 0.4) is 0 Å². The van der Waals surface area contributed by atoms with Crippen molar-refractivity contribution in [3.8, 4) is 6.07 Å². The molecule has 0 bridgehead atoms. The Bertz CT molecular complexity index is 1070. The molecule has 0 atom stereocenters. The topological polar surface area (TPSA) is 63.5 Å². The fourth-order valence-corrected chi connectivity index (χ4v) is 5.62. The molecule has 0 aliphatic carbocycles. The molecule has 1 amide bonds. The van der Waals surface area contributed by atoms with Gasteiger partial charge in [-0.3, -0.25) is 9.78 Å². The number of fused-ring (bicyclic) bond motifs is 1. The lowest BCUT2D eigenvalue weighted by molar-refractivity contribution is 0.0521. The fourth-order valence-electron chi connectivity index (χ4n) is 4.80. The van der Waals surface area contributed by atoms with Gasteiger partial charge in [0.2, 0.25) is 0 Å². The van der Waals surface area contributed by atoms with Gasteiger partial charge >= 0.3 is 0 Å². The highest BCUT2D eigenvalue weighted by Gasteiger charge is 2.38. The zero-order valence-corrected chi connectivity index (χ0v) is 20.0. The lowest BCUT2D eigenvalue weighted by Crippen LogP contribution is -2.57. The molecule has 2 aromatic rings. The Hall–Kier alpha value is -2.37. The van der Waals surface area contributed by atoms with Gasteiger partial charge in [-0.25, -0.2) is 8.70 Å². The molecule has 3 heterocycles. The number of halogens is 1. The Balaban J connectivity index is 1.74. The third-order valence-electron chi connectivity index (χ3n) is 6.82. The van der Waals surface area contributed by atoms with Gasteiger partial charge in [0.15, 0.2) is 0 Å². The molecule has 0 saturated carbocycles. The molecule has 4 rings (SSSR count). The molecule has 6 nitrogen and oxygen atoms in total. The number of carbonyl (C=O) groups is 1. The standard InChI is InChI=1S/C24H30FN5OS/c1-23(2)16-29(11-12-30(23)32-4)22(31)19-14-27-20-6-5-17(25)13-18(20)21(19)28-9-7-24(3,15-26)8-10-28/h5-6,13-14H,7-12,16H2,1-4H3.